The molecule has 1 aromatic carbocycles. The molecule has 0 spiro atoms. The largest absolute Gasteiger partial charge is 0.494 e. The van der Waals surface area contributed by atoms with Crippen LogP contribution in [0.2, 0.25) is 0 Å². The normalized spacial score (nSPS) is 24.8. The lowest BCUT2D eigenvalue weighted by atomic mass is 9.98. The van der Waals surface area contributed by atoms with E-state index < -0.39 is 0 Å². The van der Waals surface area contributed by atoms with Gasteiger partial charge in [0, 0.05) is 31.2 Å². The topological polar surface area (TPSA) is 24.5 Å². The highest BCUT2D eigenvalue weighted by atomic mass is 19.1. The molecule has 1 aliphatic heterocycles. The zero-order valence-corrected chi connectivity index (χ0v) is 13.5. The fourth-order valence-electron chi connectivity index (χ4n) is 3.15. The summed E-state index contributed by atoms with van der Waals surface area (Å²) in [6, 6.07) is 6.56. The van der Waals surface area contributed by atoms with Crippen molar-refractivity contribution < 1.29 is 9.13 Å². The SMILES string of the molecule is CC[C@H]1CN(C(C)c2ccc(OC)c(F)c2)[C@H](CC)CN1. The van der Waals surface area contributed by atoms with E-state index in [9.17, 15) is 4.39 Å². The van der Waals surface area contributed by atoms with E-state index in [1.165, 1.54) is 7.11 Å². The smallest absolute Gasteiger partial charge is 0.165 e. The van der Waals surface area contributed by atoms with Crippen molar-refractivity contribution >= 4 is 0 Å². The molecule has 0 aliphatic carbocycles. The van der Waals surface area contributed by atoms with Gasteiger partial charge in [-0.3, -0.25) is 4.90 Å². The molecule has 1 fully saturated rings. The zero-order valence-electron chi connectivity index (χ0n) is 13.5. The van der Waals surface area contributed by atoms with E-state index in [2.05, 4.69) is 31.0 Å². The van der Waals surface area contributed by atoms with Gasteiger partial charge in [-0.1, -0.05) is 19.9 Å². The van der Waals surface area contributed by atoms with Gasteiger partial charge in [-0.2, -0.15) is 0 Å². The molecule has 0 amide bonds. The fourth-order valence-corrected chi connectivity index (χ4v) is 3.15. The number of ether oxygens (including phenoxy) is 1. The minimum Gasteiger partial charge on any atom is -0.494 e. The van der Waals surface area contributed by atoms with Gasteiger partial charge in [-0.15, -0.1) is 0 Å². The third-order valence-corrected chi connectivity index (χ3v) is 4.66. The number of methoxy groups -OCH3 is 1. The molecule has 4 heteroatoms. The fraction of sp³-hybridized carbons (Fsp3) is 0.647. The second kappa shape index (κ2) is 7.23. The molecule has 1 unspecified atom stereocenters. The predicted molar refractivity (Wildman–Crippen MR) is 84.2 cm³/mol. The monoisotopic (exact) mass is 294 g/mol. The lowest BCUT2D eigenvalue weighted by Gasteiger charge is -2.43. The number of rotatable bonds is 5. The van der Waals surface area contributed by atoms with E-state index >= 15 is 0 Å². The predicted octanol–water partition coefficient (Wildman–Crippen LogP) is 3.36. The van der Waals surface area contributed by atoms with Gasteiger partial charge in [-0.25, -0.2) is 4.39 Å². The Morgan fingerprint density at radius 2 is 2.14 bits per heavy atom. The van der Waals surface area contributed by atoms with Gasteiger partial charge in [0.1, 0.15) is 0 Å². The second-order valence-electron chi connectivity index (χ2n) is 5.84. The number of halogens is 1. The molecule has 0 radical (unpaired) electrons. The summed E-state index contributed by atoms with van der Waals surface area (Å²) in [4.78, 5) is 2.51. The first-order valence-electron chi connectivity index (χ1n) is 7.93. The van der Waals surface area contributed by atoms with E-state index in [0.29, 0.717) is 17.8 Å². The number of benzene rings is 1. The van der Waals surface area contributed by atoms with Gasteiger partial charge < -0.3 is 10.1 Å². The van der Waals surface area contributed by atoms with Crippen LogP contribution in [-0.2, 0) is 0 Å². The van der Waals surface area contributed by atoms with E-state index in [0.717, 1.165) is 31.5 Å². The number of piperazine rings is 1. The molecule has 21 heavy (non-hydrogen) atoms. The minimum atomic E-state index is -0.280. The summed E-state index contributed by atoms with van der Waals surface area (Å²) < 4.78 is 18.9. The maximum absolute atomic E-state index is 13.9. The van der Waals surface area contributed by atoms with Crippen molar-refractivity contribution in [2.24, 2.45) is 0 Å². The molecule has 1 saturated heterocycles. The molecular weight excluding hydrogens is 267 g/mol. The lowest BCUT2D eigenvalue weighted by molar-refractivity contribution is 0.0848. The minimum absolute atomic E-state index is 0.214. The van der Waals surface area contributed by atoms with Crippen molar-refractivity contribution in [1.29, 1.82) is 0 Å². The Balaban J connectivity index is 2.19. The van der Waals surface area contributed by atoms with Crippen molar-refractivity contribution in [2.45, 2.75) is 51.7 Å². The van der Waals surface area contributed by atoms with Gasteiger partial charge in [0.05, 0.1) is 7.11 Å². The molecule has 3 atom stereocenters. The highest BCUT2D eigenvalue weighted by Gasteiger charge is 2.30. The van der Waals surface area contributed by atoms with Crippen LogP contribution in [0.5, 0.6) is 5.75 Å². The Kier molecular flexibility index (Phi) is 5.59. The first-order valence-corrected chi connectivity index (χ1v) is 7.93. The molecule has 0 bridgehead atoms. The highest BCUT2D eigenvalue weighted by molar-refractivity contribution is 5.31. The summed E-state index contributed by atoms with van der Waals surface area (Å²) in [5.41, 5.74) is 1.02. The Morgan fingerprint density at radius 3 is 2.71 bits per heavy atom. The summed E-state index contributed by atoms with van der Waals surface area (Å²) in [7, 11) is 1.50. The highest BCUT2D eigenvalue weighted by Crippen LogP contribution is 2.29. The van der Waals surface area contributed by atoms with Crippen LogP contribution >= 0.6 is 0 Å². The molecular formula is C17H27FN2O. The maximum Gasteiger partial charge on any atom is 0.165 e. The van der Waals surface area contributed by atoms with Gasteiger partial charge in [-0.05, 0) is 37.5 Å². The number of hydrogen-bond acceptors (Lipinski definition) is 3. The molecule has 1 aliphatic rings. The van der Waals surface area contributed by atoms with Gasteiger partial charge in [0.15, 0.2) is 11.6 Å². The first kappa shape index (κ1) is 16.2. The van der Waals surface area contributed by atoms with Crippen LogP contribution in [0.4, 0.5) is 4.39 Å². The van der Waals surface area contributed by atoms with E-state index in [1.54, 1.807) is 12.1 Å². The van der Waals surface area contributed by atoms with E-state index in [1.807, 2.05) is 6.07 Å². The number of hydrogen-bond donors (Lipinski definition) is 1. The van der Waals surface area contributed by atoms with E-state index in [4.69, 9.17) is 4.74 Å². The molecule has 1 heterocycles. The third kappa shape index (κ3) is 3.55. The second-order valence-corrected chi connectivity index (χ2v) is 5.84. The average molecular weight is 294 g/mol. The van der Waals surface area contributed by atoms with Crippen LogP contribution in [0.1, 0.15) is 45.2 Å². The van der Waals surface area contributed by atoms with Crippen molar-refractivity contribution in [3.63, 3.8) is 0 Å². The molecule has 3 nitrogen and oxygen atoms in total. The van der Waals surface area contributed by atoms with Crippen LogP contribution in [-0.4, -0.2) is 37.2 Å². The lowest BCUT2D eigenvalue weighted by Crippen LogP contribution is -2.56. The molecule has 0 saturated carbocycles. The zero-order chi connectivity index (χ0) is 15.4. The average Bonchev–Trinajstić information content (AvgIpc) is 2.53. The van der Waals surface area contributed by atoms with Crippen LogP contribution < -0.4 is 10.1 Å². The van der Waals surface area contributed by atoms with Gasteiger partial charge in [0.25, 0.3) is 0 Å². The molecule has 0 aromatic heterocycles. The van der Waals surface area contributed by atoms with Crippen molar-refractivity contribution in [2.75, 3.05) is 20.2 Å². The Hall–Kier alpha value is -1.13. The van der Waals surface area contributed by atoms with Crippen LogP contribution in [0, 0.1) is 5.82 Å². The standard InChI is InChI=1S/C17H27FN2O/c1-5-14-11-20(15(6-2)10-19-14)12(3)13-7-8-17(21-4)16(18)9-13/h7-9,12,14-15,19H,5-6,10-11H2,1-4H3/t12?,14-,15+/m0/s1. The van der Waals surface area contributed by atoms with Crippen LogP contribution in [0.3, 0.4) is 0 Å². The first-order chi connectivity index (χ1) is 10.1. The molecule has 1 N–H and O–H groups in total. The van der Waals surface area contributed by atoms with E-state index in [-0.39, 0.29) is 11.9 Å². The Morgan fingerprint density at radius 1 is 1.38 bits per heavy atom. The molecule has 1 aromatic rings. The third-order valence-electron chi connectivity index (χ3n) is 4.66. The summed E-state index contributed by atoms with van der Waals surface area (Å²) in [5, 5.41) is 3.60. The number of nitrogens with zero attached hydrogens (tertiary/aromatic N) is 1. The number of nitrogens with one attached hydrogen (secondary N) is 1. The Bertz CT molecular complexity index is 466. The van der Waals surface area contributed by atoms with Crippen molar-refractivity contribution in [1.82, 2.24) is 10.2 Å². The van der Waals surface area contributed by atoms with Gasteiger partial charge >= 0.3 is 0 Å². The quantitative estimate of drug-likeness (QED) is 0.901. The molecule has 118 valence electrons. The van der Waals surface area contributed by atoms with Crippen molar-refractivity contribution in [3.05, 3.63) is 29.6 Å². The summed E-state index contributed by atoms with van der Waals surface area (Å²) in [5.74, 6) is 0.0295. The molecule has 2 rings (SSSR count). The summed E-state index contributed by atoms with van der Waals surface area (Å²) in [6.45, 7) is 8.62. The summed E-state index contributed by atoms with van der Waals surface area (Å²) >= 11 is 0. The summed E-state index contributed by atoms with van der Waals surface area (Å²) in [6.07, 6.45) is 2.23. The van der Waals surface area contributed by atoms with Crippen LogP contribution in [0.25, 0.3) is 0 Å². The Labute approximate surface area is 127 Å². The van der Waals surface area contributed by atoms with Gasteiger partial charge in [0.2, 0.25) is 0 Å². The maximum atomic E-state index is 13.9. The van der Waals surface area contributed by atoms with Crippen LogP contribution in [0.15, 0.2) is 18.2 Å². The van der Waals surface area contributed by atoms with Crippen molar-refractivity contribution in [3.8, 4) is 5.75 Å².